The van der Waals surface area contributed by atoms with Gasteiger partial charge in [-0.1, -0.05) is 6.07 Å². The third-order valence-electron chi connectivity index (χ3n) is 2.34. The minimum atomic E-state index is -4.40. The van der Waals surface area contributed by atoms with Gasteiger partial charge in [-0.2, -0.15) is 13.2 Å². The summed E-state index contributed by atoms with van der Waals surface area (Å²) in [5.74, 6) is -2.19. The monoisotopic (exact) mass is 251 g/mol. The number of hydrogen-bond acceptors (Lipinski definition) is 2. The Kier molecular flexibility index (Phi) is 4.34. The van der Waals surface area contributed by atoms with Gasteiger partial charge in [0, 0.05) is 12.6 Å². The van der Waals surface area contributed by atoms with E-state index in [0.29, 0.717) is 5.56 Å². The van der Waals surface area contributed by atoms with Crippen LogP contribution in [0.2, 0.25) is 0 Å². The molecular weight excluding hydrogens is 238 g/mol. The van der Waals surface area contributed by atoms with Crippen LogP contribution in [0.1, 0.15) is 5.56 Å². The van der Waals surface area contributed by atoms with Crippen molar-refractivity contribution in [2.24, 2.45) is 11.7 Å². The summed E-state index contributed by atoms with van der Waals surface area (Å²) in [7, 11) is 0. The van der Waals surface area contributed by atoms with E-state index >= 15 is 0 Å². The first-order valence-electron chi connectivity index (χ1n) is 5.00. The number of aryl methyl sites for hydroxylation is 1. The Hall–Kier alpha value is -1.30. The number of ether oxygens (including phenoxy) is 1. The van der Waals surface area contributed by atoms with E-state index in [2.05, 4.69) is 0 Å². The van der Waals surface area contributed by atoms with Crippen molar-refractivity contribution in [1.29, 1.82) is 0 Å². The van der Waals surface area contributed by atoms with Gasteiger partial charge in [0.15, 0.2) is 0 Å². The molecule has 6 heteroatoms. The van der Waals surface area contributed by atoms with Crippen LogP contribution in [0, 0.1) is 18.7 Å². The highest BCUT2D eigenvalue weighted by molar-refractivity contribution is 5.27. The minimum Gasteiger partial charge on any atom is -0.493 e. The molecule has 0 radical (unpaired) electrons. The van der Waals surface area contributed by atoms with Gasteiger partial charge in [-0.25, -0.2) is 4.39 Å². The average Bonchev–Trinajstić information content (AvgIpc) is 2.22. The van der Waals surface area contributed by atoms with Crippen LogP contribution >= 0.6 is 0 Å². The Labute approximate surface area is 96.4 Å². The third-order valence-corrected chi connectivity index (χ3v) is 2.34. The van der Waals surface area contributed by atoms with E-state index in [1.54, 1.807) is 6.92 Å². The number of hydrogen-bond donors (Lipinski definition) is 1. The molecule has 0 aliphatic heterocycles. The number of benzene rings is 1. The molecule has 0 bridgehead atoms. The van der Waals surface area contributed by atoms with E-state index in [1.165, 1.54) is 12.1 Å². The zero-order valence-electron chi connectivity index (χ0n) is 9.22. The van der Waals surface area contributed by atoms with E-state index in [1.807, 2.05) is 0 Å². The first-order chi connectivity index (χ1) is 7.84. The highest BCUT2D eigenvalue weighted by Gasteiger charge is 2.39. The smallest absolute Gasteiger partial charge is 0.396 e. The predicted molar refractivity (Wildman–Crippen MR) is 55.2 cm³/mol. The van der Waals surface area contributed by atoms with Crippen LogP contribution in [0.4, 0.5) is 17.6 Å². The first kappa shape index (κ1) is 13.8. The molecule has 0 saturated heterocycles. The summed E-state index contributed by atoms with van der Waals surface area (Å²) in [5.41, 5.74) is 5.41. The SMILES string of the molecule is Cc1ccc(OCC(CN)C(F)(F)F)cc1F. The van der Waals surface area contributed by atoms with Gasteiger partial charge in [0.25, 0.3) is 0 Å². The fraction of sp³-hybridized carbons (Fsp3) is 0.455. The van der Waals surface area contributed by atoms with Crippen molar-refractivity contribution in [3.63, 3.8) is 0 Å². The van der Waals surface area contributed by atoms with Crippen LogP contribution < -0.4 is 10.5 Å². The van der Waals surface area contributed by atoms with E-state index < -0.39 is 31.1 Å². The maximum absolute atomic E-state index is 13.1. The molecule has 0 heterocycles. The fourth-order valence-electron chi connectivity index (χ4n) is 1.16. The minimum absolute atomic E-state index is 0.0656. The lowest BCUT2D eigenvalue weighted by atomic mass is 10.1. The molecule has 0 aliphatic carbocycles. The molecule has 96 valence electrons. The molecular formula is C11H13F4NO. The van der Waals surface area contributed by atoms with Gasteiger partial charge in [0.2, 0.25) is 0 Å². The molecule has 0 aliphatic rings. The molecule has 2 N–H and O–H groups in total. The first-order valence-corrected chi connectivity index (χ1v) is 5.00. The largest absolute Gasteiger partial charge is 0.493 e. The normalized spacial score (nSPS) is 13.5. The molecule has 1 rings (SSSR count). The fourth-order valence-corrected chi connectivity index (χ4v) is 1.16. The van der Waals surface area contributed by atoms with Gasteiger partial charge in [0.05, 0.1) is 0 Å². The molecule has 0 spiro atoms. The van der Waals surface area contributed by atoms with Crippen LogP contribution in [0.25, 0.3) is 0 Å². The lowest BCUT2D eigenvalue weighted by molar-refractivity contribution is -0.178. The van der Waals surface area contributed by atoms with Gasteiger partial charge in [-0.3, -0.25) is 0 Å². The van der Waals surface area contributed by atoms with Crippen molar-refractivity contribution in [2.45, 2.75) is 13.1 Å². The van der Waals surface area contributed by atoms with Gasteiger partial charge >= 0.3 is 6.18 Å². The van der Waals surface area contributed by atoms with E-state index in [0.717, 1.165) is 6.07 Å². The van der Waals surface area contributed by atoms with Crippen molar-refractivity contribution in [3.8, 4) is 5.75 Å². The van der Waals surface area contributed by atoms with E-state index in [-0.39, 0.29) is 5.75 Å². The van der Waals surface area contributed by atoms with Crippen LogP contribution in [0.5, 0.6) is 5.75 Å². The molecule has 1 aromatic carbocycles. The van der Waals surface area contributed by atoms with Crippen LogP contribution in [0.15, 0.2) is 18.2 Å². The number of alkyl halides is 3. The second-order valence-corrected chi connectivity index (χ2v) is 3.70. The zero-order chi connectivity index (χ0) is 13.1. The average molecular weight is 251 g/mol. The second kappa shape index (κ2) is 5.35. The lowest BCUT2D eigenvalue weighted by Gasteiger charge is -2.18. The van der Waals surface area contributed by atoms with Crippen LogP contribution in [0.3, 0.4) is 0 Å². The summed E-state index contributed by atoms with van der Waals surface area (Å²) < 4.78 is 55.0. The van der Waals surface area contributed by atoms with Gasteiger partial charge in [0.1, 0.15) is 24.1 Å². The van der Waals surface area contributed by atoms with E-state index in [9.17, 15) is 17.6 Å². The molecule has 2 nitrogen and oxygen atoms in total. The van der Waals surface area contributed by atoms with Crippen molar-refractivity contribution in [3.05, 3.63) is 29.6 Å². The molecule has 1 aromatic rings. The number of rotatable bonds is 4. The summed E-state index contributed by atoms with van der Waals surface area (Å²) in [4.78, 5) is 0. The van der Waals surface area contributed by atoms with Crippen molar-refractivity contribution in [2.75, 3.05) is 13.2 Å². The summed E-state index contributed by atoms with van der Waals surface area (Å²) in [5, 5.41) is 0. The Balaban J connectivity index is 2.63. The Morgan fingerprint density at radius 2 is 2.00 bits per heavy atom. The Morgan fingerprint density at radius 1 is 1.35 bits per heavy atom. The van der Waals surface area contributed by atoms with Gasteiger partial charge in [-0.15, -0.1) is 0 Å². The molecule has 1 atom stereocenters. The summed E-state index contributed by atoms with van der Waals surface area (Å²) in [6.07, 6.45) is -4.40. The summed E-state index contributed by atoms with van der Waals surface area (Å²) >= 11 is 0. The summed E-state index contributed by atoms with van der Waals surface area (Å²) in [6, 6.07) is 3.91. The molecule has 0 aromatic heterocycles. The van der Waals surface area contributed by atoms with Crippen molar-refractivity contribution >= 4 is 0 Å². The Bertz CT molecular complexity index is 378. The number of halogens is 4. The topological polar surface area (TPSA) is 35.2 Å². The van der Waals surface area contributed by atoms with Crippen molar-refractivity contribution < 1.29 is 22.3 Å². The lowest BCUT2D eigenvalue weighted by Crippen LogP contribution is -2.35. The van der Waals surface area contributed by atoms with Gasteiger partial charge in [-0.05, 0) is 18.6 Å². The maximum atomic E-state index is 13.1. The molecule has 0 saturated carbocycles. The van der Waals surface area contributed by atoms with Crippen molar-refractivity contribution in [1.82, 2.24) is 0 Å². The molecule has 17 heavy (non-hydrogen) atoms. The van der Waals surface area contributed by atoms with Crippen LogP contribution in [-0.4, -0.2) is 19.3 Å². The summed E-state index contributed by atoms with van der Waals surface area (Å²) in [6.45, 7) is 0.387. The standard InChI is InChI=1S/C11H13F4NO/c1-7-2-3-9(4-10(7)12)17-6-8(5-16)11(13,14)15/h2-4,8H,5-6,16H2,1H3. The second-order valence-electron chi connectivity index (χ2n) is 3.70. The molecule has 0 fully saturated rings. The molecule has 0 amide bonds. The predicted octanol–water partition coefficient (Wildman–Crippen LogP) is 2.65. The third kappa shape index (κ3) is 3.89. The maximum Gasteiger partial charge on any atom is 0.396 e. The Morgan fingerprint density at radius 3 is 2.47 bits per heavy atom. The zero-order valence-corrected chi connectivity index (χ0v) is 9.22. The quantitative estimate of drug-likeness (QED) is 0.835. The van der Waals surface area contributed by atoms with E-state index in [4.69, 9.17) is 10.5 Å². The highest BCUT2D eigenvalue weighted by atomic mass is 19.4. The highest BCUT2D eigenvalue weighted by Crippen LogP contribution is 2.26. The van der Waals surface area contributed by atoms with Gasteiger partial charge < -0.3 is 10.5 Å². The molecule has 1 unspecified atom stereocenters. The van der Waals surface area contributed by atoms with Crippen LogP contribution in [-0.2, 0) is 0 Å². The number of nitrogens with two attached hydrogens (primary N) is 1.